The summed E-state index contributed by atoms with van der Waals surface area (Å²) in [5, 5.41) is 12.3. The number of aromatic hydroxyl groups is 1. The number of carbonyl (C=O) groups is 1. The first-order chi connectivity index (χ1) is 10.4. The first-order valence-corrected chi connectivity index (χ1v) is 7.53. The molecule has 114 valence electrons. The minimum absolute atomic E-state index is 0.0534. The highest BCUT2D eigenvalue weighted by atomic mass is 16.5. The van der Waals surface area contributed by atoms with Gasteiger partial charge in [-0.3, -0.25) is 4.79 Å². The summed E-state index contributed by atoms with van der Waals surface area (Å²) in [5.74, 6) is -0.0542. The Kier molecular flexibility index (Phi) is 3.44. The molecule has 0 saturated heterocycles. The third-order valence-corrected chi connectivity index (χ3v) is 4.25. The van der Waals surface area contributed by atoms with Gasteiger partial charge < -0.3 is 9.84 Å². The van der Waals surface area contributed by atoms with E-state index in [0.29, 0.717) is 11.1 Å². The fourth-order valence-corrected chi connectivity index (χ4v) is 3.01. The normalized spacial score (nSPS) is 16.1. The van der Waals surface area contributed by atoms with Crippen molar-refractivity contribution >= 4 is 22.8 Å². The van der Waals surface area contributed by atoms with Crippen molar-refractivity contribution in [2.45, 2.75) is 33.6 Å². The van der Waals surface area contributed by atoms with Crippen LogP contribution in [-0.2, 0) is 11.2 Å². The molecule has 0 unspecified atom stereocenters. The predicted octanol–water partition coefficient (Wildman–Crippen LogP) is 4.46. The Morgan fingerprint density at radius 2 is 1.91 bits per heavy atom. The van der Waals surface area contributed by atoms with Crippen LogP contribution < -0.4 is 4.74 Å². The molecule has 1 aliphatic carbocycles. The van der Waals surface area contributed by atoms with Crippen LogP contribution in [0.1, 0.15) is 38.3 Å². The number of fused-ring (bicyclic) bond motifs is 3. The number of rotatable bonds is 1. The summed E-state index contributed by atoms with van der Waals surface area (Å²) in [4.78, 5) is 11.4. The van der Waals surface area contributed by atoms with E-state index >= 15 is 0 Å². The van der Waals surface area contributed by atoms with Gasteiger partial charge in [-0.1, -0.05) is 50.3 Å². The zero-order valence-electron chi connectivity index (χ0n) is 13.1. The van der Waals surface area contributed by atoms with Crippen LogP contribution in [0.25, 0.3) is 16.8 Å². The summed E-state index contributed by atoms with van der Waals surface area (Å²) in [6.07, 6.45) is 5.98. The summed E-state index contributed by atoms with van der Waals surface area (Å²) in [5.41, 5.74) is 2.02. The van der Waals surface area contributed by atoms with E-state index in [-0.39, 0.29) is 11.2 Å². The topological polar surface area (TPSA) is 46.5 Å². The molecule has 0 heterocycles. The van der Waals surface area contributed by atoms with Crippen LogP contribution in [-0.4, -0.2) is 11.1 Å². The van der Waals surface area contributed by atoms with Crippen molar-refractivity contribution in [3.05, 3.63) is 41.5 Å². The highest BCUT2D eigenvalue weighted by Gasteiger charge is 2.25. The number of carbonyl (C=O) groups excluding carboxylic acids is 1. The van der Waals surface area contributed by atoms with E-state index in [9.17, 15) is 9.90 Å². The zero-order chi connectivity index (χ0) is 15.9. The highest BCUT2D eigenvalue weighted by molar-refractivity contribution is 5.99. The molecule has 0 amide bonds. The lowest BCUT2D eigenvalue weighted by atomic mass is 9.87. The molecule has 0 bridgehead atoms. The molecule has 3 nitrogen and oxygen atoms in total. The SMILES string of the molecule is CC(=O)Oc1c2c(c3ccccc3c1O)C=CC(C)(C)CC2. The number of allylic oxidation sites excluding steroid dienone is 1. The third-order valence-electron chi connectivity index (χ3n) is 4.25. The summed E-state index contributed by atoms with van der Waals surface area (Å²) < 4.78 is 5.35. The number of phenolic OH excluding ortho intramolecular Hbond substituents is 1. The Balaban J connectivity index is 2.35. The third kappa shape index (κ3) is 2.47. The number of benzene rings is 2. The molecule has 3 heteroatoms. The van der Waals surface area contributed by atoms with Crippen molar-refractivity contribution in [2.24, 2.45) is 5.41 Å². The van der Waals surface area contributed by atoms with Crippen molar-refractivity contribution < 1.29 is 14.6 Å². The Bertz CT molecular complexity index is 785. The van der Waals surface area contributed by atoms with Gasteiger partial charge in [0.1, 0.15) is 0 Å². The number of hydrogen-bond acceptors (Lipinski definition) is 3. The number of esters is 1. The van der Waals surface area contributed by atoms with Gasteiger partial charge in [0.15, 0.2) is 11.5 Å². The first kappa shape index (κ1) is 14.6. The lowest BCUT2D eigenvalue weighted by Gasteiger charge is -2.19. The molecule has 2 aromatic carbocycles. The van der Waals surface area contributed by atoms with E-state index in [2.05, 4.69) is 26.0 Å². The molecule has 0 atom stereocenters. The average molecular weight is 296 g/mol. The molecule has 3 rings (SSSR count). The van der Waals surface area contributed by atoms with Crippen molar-refractivity contribution in [1.82, 2.24) is 0 Å². The Hall–Kier alpha value is -2.29. The molecule has 1 N–H and O–H groups in total. The molecule has 0 saturated carbocycles. The van der Waals surface area contributed by atoms with Crippen LogP contribution in [0.15, 0.2) is 30.3 Å². The van der Waals surface area contributed by atoms with Crippen LogP contribution in [0.3, 0.4) is 0 Å². The monoisotopic (exact) mass is 296 g/mol. The fraction of sp³-hybridized carbons (Fsp3) is 0.316. The van der Waals surface area contributed by atoms with E-state index < -0.39 is 5.97 Å². The minimum Gasteiger partial charge on any atom is -0.504 e. The predicted molar refractivity (Wildman–Crippen MR) is 88.1 cm³/mol. The van der Waals surface area contributed by atoms with E-state index in [4.69, 9.17) is 4.74 Å². The van der Waals surface area contributed by atoms with Gasteiger partial charge in [-0.25, -0.2) is 0 Å². The van der Waals surface area contributed by atoms with E-state index in [1.807, 2.05) is 24.3 Å². The molecule has 2 aromatic rings. The highest BCUT2D eigenvalue weighted by Crippen LogP contribution is 2.45. The molecule has 0 spiro atoms. The Labute approximate surface area is 130 Å². The second-order valence-electron chi connectivity index (χ2n) is 6.53. The molecule has 1 aliphatic rings. The van der Waals surface area contributed by atoms with Crippen molar-refractivity contribution in [3.63, 3.8) is 0 Å². The fourth-order valence-electron chi connectivity index (χ4n) is 3.01. The van der Waals surface area contributed by atoms with Gasteiger partial charge in [0.05, 0.1) is 0 Å². The van der Waals surface area contributed by atoms with E-state index in [1.54, 1.807) is 0 Å². The van der Waals surface area contributed by atoms with Gasteiger partial charge in [-0.15, -0.1) is 0 Å². The maximum atomic E-state index is 11.4. The van der Waals surface area contributed by atoms with Gasteiger partial charge in [0.25, 0.3) is 0 Å². The maximum Gasteiger partial charge on any atom is 0.308 e. The molecule has 0 fully saturated rings. The Morgan fingerprint density at radius 3 is 2.59 bits per heavy atom. The van der Waals surface area contributed by atoms with Crippen LogP contribution in [0, 0.1) is 5.41 Å². The number of phenols is 1. The van der Waals surface area contributed by atoms with Crippen LogP contribution >= 0.6 is 0 Å². The first-order valence-electron chi connectivity index (χ1n) is 7.53. The quantitative estimate of drug-likeness (QED) is 0.624. The van der Waals surface area contributed by atoms with Gasteiger partial charge in [0, 0.05) is 17.9 Å². The van der Waals surface area contributed by atoms with Crippen molar-refractivity contribution in [2.75, 3.05) is 0 Å². The lowest BCUT2D eigenvalue weighted by Crippen LogP contribution is -2.09. The second-order valence-corrected chi connectivity index (χ2v) is 6.53. The smallest absolute Gasteiger partial charge is 0.308 e. The lowest BCUT2D eigenvalue weighted by molar-refractivity contribution is -0.132. The van der Waals surface area contributed by atoms with Gasteiger partial charge >= 0.3 is 5.97 Å². The Morgan fingerprint density at radius 1 is 1.23 bits per heavy atom. The van der Waals surface area contributed by atoms with Crippen LogP contribution in [0.5, 0.6) is 11.5 Å². The summed E-state index contributed by atoms with van der Waals surface area (Å²) >= 11 is 0. The standard InChI is InChI=1S/C19H20O3/c1-12(20)22-18-16-9-11-19(2,3)10-8-14(16)13-6-4-5-7-15(13)17(18)21/h4-8,10,21H,9,11H2,1-3H3. The van der Waals surface area contributed by atoms with Gasteiger partial charge in [0.2, 0.25) is 0 Å². The van der Waals surface area contributed by atoms with Crippen molar-refractivity contribution in [1.29, 1.82) is 0 Å². The summed E-state index contributed by atoms with van der Waals surface area (Å²) in [7, 11) is 0. The van der Waals surface area contributed by atoms with Crippen LogP contribution in [0.4, 0.5) is 0 Å². The molecule has 0 radical (unpaired) electrons. The maximum absolute atomic E-state index is 11.4. The molecular weight excluding hydrogens is 276 g/mol. The van der Waals surface area contributed by atoms with Gasteiger partial charge in [-0.05, 0) is 29.2 Å². The summed E-state index contributed by atoms with van der Waals surface area (Å²) in [6.45, 7) is 5.73. The van der Waals surface area contributed by atoms with E-state index in [1.165, 1.54) is 6.92 Å². The minimum atomic E-state index is -0.416. The van der Waals surface area contributed by atoms with Crippen LogP contribution in [0.2, 0.25) is 0 Å². The molecule has 0 aliphatic heterocycles. The number of hydrogen-bond donors (Lipinski definition) is 1. The van der Waals surface area contributed by atoms with Crippen molar-refractivity contribution in [3.8, 4) is 11.5 Å². The number of ether oxygens (including phenoxy) is 1. The average Bonchev–Trinajstić information content (AvgIpc) is 2.62. The molecule has 0 aromatic heterocycles. The molecular formula is C19H20O3. The zero-order valence-corrected chi connectivity index (χ0v) is 13.1. The second kappa shape index (κ2) is 5.16. The van der Waals surface area contributed by atoms with Gasteiger partial charge in [-0.2, -0.15) is 0 Å². The van der Waals surface area contributed by atoms with E-state index in [0.717, 1.165) is 29.4 Å². The largest absolute Gasteiger partial charge is 0.504 e. The molecule has 22 heavy (non-hydrogen) atoms. The summed E-state index contributed by atoms with van der Waals surface area (Å²) in [6, 6.07) is 7.67.